The van der Waals surface area contributed by atoms with Crippen LogP contribution in [0.1, 0.15) is 19.2 Å². The van der Waals surface area contributed by atoms with Crippen LogP contribution in [0.3, 0.4) is 0 Å². The van der Waals surface area contributed by atoms with Crippen molar-refractivity contribution in [2.75, 3.05) is 13.1 Å². The number of furan rings is 1. The largest absolute Gasteiger partial charge is 0.459 e. The van der Waals surface area contributed by atoms with Gasteiger partial charge in [-0.05, 0) is 32.0 Å². The van der Waals surface area contributed by atoms with Gasteiger partial charge in [0.05, 0.1) is 12.8 Å². The van der Waals surface area contributed by atoms with Crippen molar-refractivity contribution in [2.45, 2.75) is 25.4 Å². The Morgan fingerprint density at radius 3 is 3.17 bits per heavy atom. The van der Waals surface area contributed by atoms with E-state index in [0.29, 0.717) is 24.1 Å². The van der Waals surface area contributed by atoms with Crippen molar-refractivity contribution in [1.82, 2.24) is 20.8 Å². The van der Waals surface area contributed by atoms with Crippen LogP contribution in [-0.4, -0.2) is 28.8 Å². The lowest BCUT2D eigenvalue weighted by Gasteiger charge is -2.23. The normalized spacial score (nSPS) is 23.6. The molecule has 0 saturated carbocycles. The van der Waals surface area contributed by atoms with E-state index in [1.54, 1.807) is 18.4 Å². The molecule has 1 fully saturated rings. The highest BCUT2D eigenvalue weighted by Gasteiger charge is 2.28. The van der Waals surface area contributed by atoms with E-state index in [1.807, 2.05) is 0 Å². The Morgan fingerprint density at radius 2 is 2.44 bits per heavy atom. The van der Waals surface area contributed by atoms with E-state index < -0.39 is 0 Å². The summed E-state index contributed by atoms with van der Waals surface area (Å²) < 4.78 is 10.7. The first-order valence-electron chi connectivity index (χ1n) is 6.07. The van der Waals surface area contributed by atoms with E-state index in [2.05, 4.69) is 27.8 Å². The monoisotopic (exact) mass is 248 g/mol. The third kappa shape index (κ3) is 2.30. The van der Waals surface area contributed by atoms with Crippen molar-refractivity contribution >= 4 is 0 Å². The fraction of sp³-hybridized carbons (Fsp3) is 0.500. The lowest BCUT2D eigenvalue weighted by Crippen LogP contribution is -2.43. The molecule has 96 valence electrons. The molecule has 2 aromatic heterocycles. The van der Waals surface area contributed by atoms with Crippen LogP contribution in [0.5, 0.6) is 0 Å². The average molecular weight is 248 g/mol. The SMILES string of the molecule is CC1(NCc2nnc(-c3ccco3)o2)CCNC1. The van der Waals surface area contributed by atoms with E-state index in [1.165, 1.54) is 0 Å². The van der Waals surface area contributed by atoms with Gasteiger partial charge in [0.25, 0.3) is 5.89 Å². The predicted molar refractivity (Wildman–Crippen MR) is 64.7 cm³/mol. The molecule has 0 aromatic carbocycles. The van der Waals surface area contributed by atoms with Crippen LogP contribution in [0.25, 0.3) is 11.7 Å². The Kier molecular flexibility index (Phi) is 2.89. The van der Waals surface area contributed by atoms with Gasteiger partial charge >= 0.3 is 0 Å². The molecule has 0 bridgehead atoms. The molecule has 3 heterocycles. The molecule has 6 heteroatoms. The molecular formula is C12H16N4O2. The van der Waals surface area contributed by atoms with Crippen molar-refractivity contribution in [1.29, 1.82) is 0 Å². The number of nitrogens with zero attached hydrogens (tertiary/aromatic N) is 2. The van der Waals surface area contributed by atoms with Gasteiger partial charge < -0.3 is 19.5 Å². The van der Waals surface area contributed by atoms with Crippen molar-refractivity contribution in [3.8, 4) is 11.7 Å². The molecule has 2 aromatic rings. The molecule has 0 aliphatic carbocycles. The number of aromatic nitrogens is 2. The molecule has 2 N–H and O–H groups in total. The maximum atomic E-state index is 5.53. The summed E-state index contributed by atoms with van der Waals surface area (Å²) in [5.41, 5.74) is 0.110. The van der Waals surface area contributed by atoms with Crippen LogP contribution in [-0.2, 0) is 6.54 Å². The minimum absolute atomic E-state index is 0.110. The first-order valence-corrected chi connectivity index (χ1v) is 6.07. The number of nitrogens with one attached hydrogen (secondary N) is 2. The molecule has 1 aliphatic heterocycles. The van der Waals surface area contributed by atoms with Crippen LogP contribution in [0.2, 0.25) is 0 Å². The van der Waals surface area contributed by atoms with Gasteiger partial charge in [-0.25, -0.2) is 0 Å². The van der Waals surface area contributed by atoms with Crippen LogP contribution in [0, 0.1) is 0 Å². The molecule has 6 nitrogen and oxygen atoms in total. The second kappa shape index (κ2) is 4.55. The molecule has 0 amide bonds. The number of rotatable bonds is 4. The van der Waals surface area contributed by atoms with Gasteiger partial charge in [-0.3, -0.25) is 0 Å². The Bertz CT molecular complexity index is 500. The first-order chi connectivity index (χ1) is 8.75. The van der Waals surface area contributed by atoms with E-state index >= 15 is 0 Å². The van der Waals surface area contributed by atoms with E-state index in [9.17, 15) is 0 Å². The number of hydrogen-bond donors (Lipinski definition) is 2. The number of hydrogen-bond acceptors (Lipinski definition) is 6. The van der Waals surface area contributed by atoms with Gasteiger partial charge in [0.2, 0.25) is 5.89 Å². The minimum atomic E-state index is 0.110. The zero-order valence-electron chi connectivity index (χ0n) is 10.3. The standard InChI is InChI=1S/C12H16N4O2/c1-12(4-5-13-8-12)14-7-10-15-16-11(18-10)9-3-2-6-17-9/h2-3,6,13-14H,4-5,7-8H2,1H3. The molecule has 1 saturated heterocycles. The fourth-order valence-electron chi connectivity index (χ4n) is 2.08. The van der Waals surface area contributed by atoms with E-state index in [4.69, 9.17) is 8.83 Å². The summed E-state index contributed by atoms with van der Waals surface area (Å²) in [4.78, 5) is 0. The van der Waals surface area contributed by atoms with Crippen molar-refractivity contribution in [3.05, 3.63) is 24.3 Å². The summed E-state index contributed by atoms with van der Waals surface area (Å²) in [6, 6.07) is 3.59. The molecule has 0 radical (unpaired) electrons. The second-order valence-electron chi connectivity index (χ2n) is 4.82. The average Bonchev–Trinajstić information content (AvgIpc) is 3.08. The van der Waals surface area contributed by atoms with Crippen LogP contribution in [0.4, 0.5) is 0 Å². The summed E-state index contributed by atoms with van der Waals surface area (Å²) in [7, 11) is 0. The summed E-state index contributed by atoms with van der Waals surface area (Å²) in [6.07, 6.45) is 2.69. The van der Waals surface area contributed by atoms with Gasteiger partial charge in [-0.15, -0.1) is 10.2 Å². The zero-order chi connectivity index (χ0) is 12.4. The molecular weight excluding hydrogens is 232 g/mol. The second-order valence-corrected chi connectivity index (χ2v) is 4.82. The smallest absolute Gasteiger partial charge is 0.283 e. The summed E-state index contributed by atoms with van der Waals surface area (Å²) in [6.45, 7) is 4.78. The lowest BCUT2D eigenvalue weighted by molar-refractivity contribution is 0.355. The Balaban J connectivity index is 1.64. The summed E-state index contributed by atoms with van der Waals surface area (Å²) in [5, 5.41) is 14.7. The molecule has 18 heavy (non-hydrogen) atoms. The summed E-state index contributed by atoms with van der Waals surface area (Å²) in [5.74, 6) is 1.60. The van der Waals surface area contributed by atoms with Crippen LogP contribution >= 0.6 is 0 Å². The minimum Gasteiger partial charge on any atom is -0.459 e. The van der Waals surface area contributed by atoms with Gasteiger partial charge in [0.15, 0.2) is 5.76 Å². The third-order valence-electron chi connectivity index (χ3n) is 3.23. The van der Waals surface area contributed by atoms with Gasteiger partial charge in [-0.1, -0.05) is 0 Å². The maximum absolute atomic E-state index is 5.53. The van der Waals surface area contributed by atoms with Crippen LogP contribution < -0.4 is 10.6 Å². The zero-order valence-corrected chi connectivity index (χ0v) is 10.3. The van der Waals surface area contributed by atoms with E-state index in [-0.39, 0.29) is 5.54 Å². The van der Waals surface area contributed by atoms with Crippen molar-refractivity contribution in [3.63, 3.8) is 0 Å². The molecule has 1 atom stereocenters. The molecule has 1 unspecified atom stereocenters. The lowest BCUT2D eigenvalue weighted by atomic mass is 10.0. The molecule has 1 aliphatic rings. The highest BCUT2D eigenvalue weighted by Crippen LogP contribution is 2.19. The third-order valence-corrected chi connectivity index (χ3v) is 3.23. The topological polar surface area (TPSA) is 76.1 Å². The fourth-order valence-corrected chi connectivity index (χ4v) is 2.08. The Morgan fingerprint density at radius 1 is 1.50 bits per heavy atom. The highest BCUT2D eigenvalue weighted by atomic mass is 16.4. The molecule has 3 rings (SSSR count). The van der Waals surface area contributed by atoms with E-state index in [0.717, 1.165) is 19.5 Å². The van der Waals surface area contributed by atoms with Crippen molar-refractivity contribution in [2.24, 2.45) is 0 Å². The first kappa shape index (κ1) is 11.4. The predicted octanol–water partition coefficient (Wildman–Crippen LogP) is 1.17. The molecule has 0 spiro atoms. The maximum Gasteiger partial charge on any atom is 0.283 e. The van der Waals surface area contributed by atoms with Gasteiger partial charge in [-0.2, -0.15) is 0 Å². The van der Waals surface area contributed by atoms with Gasteiger partial charge in [0.1, 0.15) is 0 Å². The highest BCUT2D eigenvalue weighted by molar-refractivity contribution is 5.42. The Labute approximate surface area is 105 Å². The quantitative estimate of drug-likeness (QED) is 0.846. The van der Waals surface area contributed by atoms with Gasteiger partial charge in [0, 0.05) is 12.1 Å². The summed E-state index contributed by atoms with van der Waals surface area (Å²) >= 11 is 0. The van der Waals surface area contributed by atoms with Crippen LogP contribution in [0.15, 0.2) is 27.2 Å². The Hall–Kier alpha value is -1.66. The van der Waals surface area contributed by atoms with Crippen molar-refractivity contribution < 1.29 is 8.83 Å².